The van der Waals surface area contributed by atoms with Crippen molar-refractivity contribution >= 4 is 17.5 Å². The largest absolute Gasteiger partial charge is 0.394 e. The number of imide groups is 1. The van der Waals surface area contributed by atoms with E-state index in [-0.39, 0.29) is 30.9 Å². The monoisotopic (exact) mass is 318 g/mol. The Morgan fingerprint density at radius 3 is 2.61 bits per heavy atom. The van der Waals surface area contributed by atoms with Gasteiger partial charge in [-0.2, -0.15) is 0 Å². The summed E-state index contributed by atoms with van der Waals surface area (Å²) >= 11 is 0. The number of nitrogens with zero attached hydrogens (tertiary/aromatic N) is 1. The number of carbonyl (C=O) groups is 2. The zero-order chi connectivity index (χ0) is 16.7. The van der Waals surface area contributed by atoms with E-state index in [0.717, 1.165) is 5.69 Å². The Balaban J connectivity index is 2.00. The van der Waals surface area contributed by atoms with E-state index >= 15 is 0 Å². The first kappa shape index (κ1) is 16.0. The van der Waals surface area contributed by atoms with Crippen molar-refractivity contribution in [2.75, 3.05) is 18.1 Å². The molecule has 0 saturated carbocycles. The Bertz CT molecular complexity index is 616. The van der Waals surface area contributed by atoms with Crippen LogP contribution in [0.5, 0.6) is 0 Å². The quantitative estimate of drug-likeness (QED) is 0.790. The number of anilines is 1. The second kappa shape index (κ2) is 5.62. The first-order valence-corrected chi connectivity index (χ1v) is 7.85. The molecular weight excluding hydrogens is 296 g/mol. The molecule has 2 saturated heterocycles. The molecule has 2 amide bonds. The predicted octanol–water partition coefficient (Wildman–Crippen LogP) is 0.838. The minimum absolute atomic E-state index is 0.0848. The summed E-state index contributed by atoms with van der Waals surface area (Å²) in [5.74, 6) is -0.656. The molecule has 2 heterocycles. The Hall–Kier alpha value is -1.92. The maximum atomic E-state index is 12.5. The first-order valence-electron chi connectivity index (χ1n) is 7.85. The Morgan fingerprint density at radius 2 is 2.00 bits per heavy atom. The number of carbonyl (C=O) groups excluding carboxylic acids is 2. The van der Waals surface area contributed by atoms with E-state index in [9.17, 15) is 14.7 Å². The van der Waals surface area contributed by atoms with E-state index in [1.54, 1.807) is 0 Å². The summed E-state index contributed by atoms with van der Waals surface area (Å²) in [6.45, 7) is 3.96. The maximum Gasteiger partial charge on any atom is 0.260 e. The Labute approximate surface area is 135 Å². The predicted molar refractivity (Wildman–Crippen MR) is 84.9 cm³/mol. The van der Waals surface area contributed by atoms with Crippen molar-refractivity contribution in [3.05, 3.63) is 30.3 Å². The highest BCUT2D eigenvalue weighted by atomic mass is 16.5. The van der Waals surface area contributed by atoms with Crippen LogP contribution < -0.4 is 10.2 Å². The van der Waals surface area contributed by atoms with Crippen LogP contribution in [0.4, 0.5) is 5.69 Å². The van der Waals surface area contributed by atoms with Crippen molar-refractivity contribution < 1.29 is 19.4 Å². The lowest BCUT2D eigenvalue weighted by Gasteiger charge is -2.55. The number of amides is 2. The molecule has 1 aromatic rings. The molecule has 0 radical (unpaired) electrons. The van der Waals surface area contributed by atoms with E-state index in [1.807, 2.05) is 49.1 Å². The molecule has 2 unspecified atom stereocenters. The van der Waals surface area contributed by atoms with Gasteiger partial charge in [-0.15, -0.1) is 0 Å². The van der Waals surface area contributed by atoms with Gasteiger partial charge in [0.25, 0.3) is 5.91 Å². The van der Waals surface area contributed by atoms with Crippen molar-refractivity contribution in [3.63, 3.8) is 0 Å². The van der Waals surface area contributed by atoms with E-state index in [2.05, 4.69) is 5.32 Å². The zero-order valence-electron chi connectivity index (χ0n) is 13.4. The number of ether oxygens (including phenoxy) is 1. The van der Waals surface area contributed by atoms with Gasteiger partial charge >= 0.3 is 0 Å². The number of aliphatic hydroxyl groups excluding tert-OH is 1. The van der Waals surface area contributed by atoms with Gasteiger partial charge in [0.05, 0.1) is 24.8 Å². The third kappa shape index (κ3) is 2.72. The molecular formula is C17H22N2O4. The summed E-state index contributed by atoms with van der Waals surface area (Å²) in [7, 11) is 0. The second-order valence-electron chi connectivity index (χ2n) is 6.74. The van der Waals surface area contributed by atoms with Crippen LogP contribution in [0.2, 0.25) is 0 Å². The highest BCUT2D eigenvalue weighted by Gasteiger charge is 2.55. The zero-order valence-corrected chi connectivity index (χ0v) is 13.4. The number of piperidine rings is 1. The standard InChI is InChI=1S/C17H22N2O4/c1-16(2)13(10-20)19(12-6-4-3-5-7-12)11-17(23-16)9-8-14(21)18-15(17)22/h3-7,13,20H,8-11H2,1-2H3,(H,18,21,22). The molecule has 0 aromatic heterocycles. The second-order valence-corrected chi connectivity index (χ2v) is 6.74. The fourth-order valence-electron chi connectivity index (χ4n) is 3.55. The fraction of sp³-hybridized carbons (Fsp3) is 0.529. The molecule has 124 valence electrons. The third-order valence-corrected chi connectivity index (χ3v) is 4.75. The normalized spacial score (nSPS) is 30.4. The number of nitrogens with one attached hydrogen (secondary N) is 1. The van der Waals surface area contributed by atoms with Crippen LogP contribution in [-0.2, 0) is 14.3 Å². The van der Waals surface area contributed by atoms with Crippen molar-refractivity contribution in [3.8, 4) is 0 Å². The minimum atomic E-state index is -1.07. The van der Waals surface area contributed by atoms with Gasteiger partial charge in [0.15, 0.2) is 5.60 Å². The minimum Gasteiger partial charge on any atom is -0.394 e. The number of benzene rings is 1. The van der Waals surface area contributed by atoms with Crippen LogP contribution in [-0.4, -0.2) is 47.3 Å². The van der Waals surface area contributed by atoms with Gasteiger partial charge in [0.2, 0.25) is 5.91 Å². The van der Waals surface area contributed by atoms with Gasteiger partial charge < -0.3 is 14.7 Å². The molecule has 0 aliphatic carbocycles. The number of para-hydroxylation sites is 1. The Kier molecular flexibility index (Phi) is 3.90. The number of rotatable bonds is 2. The van der Waals surface area contributed by atoms with E-state index in [0.29, 0.717) is 13.0 Å². The number of hydrogen-bond donors (Lipinski definition) is 2. The first-order chi connectivity index (χ1) is 10.9. The third-order valence-electron chi connectivity index (χ3n) is 4.75. The molecule has 23 heavy (non-hydrogen) atoms. The molecule has 2 aliphatic rings. The molecule has 6 nitrogen and oxygen atoms in total. The van der Waals surface area contributed by atoms with Crippen molar-refractivity contribution in [2.24, 2.45) is 0 Å². The summed E-state index contributed by atoms with van der Waals surface area (Å²) in [6, 6.07) is 9.38. The van der Waals surface area contributed by atoms with Gasteiger partial charge in [0.1, 0.15) is 0 Å². The van der Waals surface area contributed by atoms with Crippen LogP contribution in [0, 0.1) is 0 Å². The smallest absolute Gasteiger partial charge is 0.260 e. The van der Waals surface area contributed by atoms with E-state index < -0.39 is 11.2 Å². The van der Waals surface area contributed by atoms with E-state index in [4.69, 9.17) is 4.74 Å². The molecule has 6 heteroatoms. The SMILES string of the molecule is CC1(C)OC2(CCC(=O)NC2=O)CN(c2ccccc2)C1CO. The van der Waals surface area contributed by atoms with Crippen LogP contribution in [0.1, 0.15) is 26.7 Å². The molecule has 2 aliphatic heterocycles. The average Bonchev–Trinajstić information content (AvgIpc) is 2.51. The Morgan fingerprint density at radius 1 is 1.30 bits per heavy atom. The van der Waals surface area contributed by atoms with Gasteiger partial charge in [-0.05, 0) is 32.4 Å². The van der Waals surface area contributed by atoms with Crippen LogP contribution in [0.3, 0.4) is 0 Å². The summed E-state index contributed by atoms with van der Waals surface area (Å²) in [4.78, 5) is 26.0. The fourth-order valence-corrected chi connectivity index (χ4v) is 3.55. The summed E-state index contributed by atoms with van der Waals surface area (Å²) < 4.78 is 6.15. The average molecular weight is 318 g/mol. The topological polar surface area (TPSA) is 78.9 Å². The molecule has 2 atom stereocenters. The lowest BCUT2D eigenvalue weighted by Crippen LogP contribution is -2.72. The van der Waals surface area contributed by atoms with Crippen LogP contribution >= 0.6 is 0 Å². The number of aliphatic hydroxyl groups is 1. The lowest BCUT2D eigenvalue weighted by atomic mass is 9.84. The van der Waals surface area contributed by atoms with Crippen molar-refractivity contribution in [2.45, 2.75) is 43.9 Å². The van der Waals surface area contributed by atoms with Gasteiger partial charge in [-0.3, -0.25) is 14.9 Å². The summed E-state index contributed by atoms with van der Waals surface area (Å²) in [5, 5.41) is 12.3. The maximum absolute atomic E-state index is 12.5. The molecule has 3 rings (SSSR count). The molecule has 1 spiro atoms. The van der Waals surface area contributed by atoms with Crippen LogP contribution in [0.25, 0.3) is 0 Å². The van der Waals surface area contributed by atoms with Gasteiger partial charge in [0, 0.05) is 12.1 Å². The van der Waals surface area contributed by atoms with Gasteiger partial charge in [-0.25, -0.2) is 0 Å². The molecule has 0 bridgehead atoms. The van der Waals surface area contributed by atoms with E-state index in [1.165, 1.54) is 0 Å². The lowest BCUT2D eigenvalue weighted by molar-refractivity contribution is -0.195. The van der Waals surface area contributed by atoms with Crippen molar-refractivity contribution in [1.82, 2.24) is 5.32 Å². The highest BCUT2D eigenvalue weighted by Crippen LogP contribution is 2.39. The number of morpholine rings is 1. The number of hydrogen-bond acceptors (Lipinski definition) is 5. The molecule has 2 N–H and O–H groups in total. The highest BCUT2D eigenvalue weighted by molar-refractivity contribution is 6.02. The molecule has 2 fully saturated rings. The summed E-state index contributed by atoms with van der Waals surface area (Å²) in [5.41, 5.74) is -0.883. The molecule has 1 aromatic carbocycles. The van der Waals surface area contributed by atoms with Crippen molar-refractivity contribution in [1.29, 1.82) is 0 Å². The van der Waals surface area contributed by atoms with Crippen LogP contribution in [0.15, 0.2) is 30.3 Å². The summed E-state index contributed by atoms with van der Waals surface area (Å²) in [6.07, 6.45) is 0.608. The van der Waals surface area contributed by atoms with Gasteiger partial charge in [-0.1, -0.05) is 18.2 Å².